The molecule has 1 aliphatic heterocycles. The van der Waals surface area contributed by atoms with Crippen LogP contribution in [0.2, 0.25) is 0 Å². The number of amides is 2. The monoisotopic (exact) mass is 392 g/mol. The molecule has 1 aliphatic rings. The Morgan fingerprint density at radius 1 is 1.22 bits per heavy atom. The standard InChI is InChI=1S/C18H18F2N4O2S/c1-2-5-23-6-8-24(9-7-23)17(26)15-11-27-18(21-15)22-16(25)12-3-4-13(19)14(20)10-12/h2-4,10-11H,1,5-9H2,(H,21,22,25). The lowest BCUT2D eigenvalue weighted by molar-refractivity contribution is 0.0645. The molecule has 0 radical (unpaired) electrons. The van der Waals surface area contributed by atoms with E-state index < -0.39 is 17.5 Å². The SMILES string of the molecule is C=CCN1CCN(C(=O)c2csc(NC(=O)c3ccc(F)c(F)c3)n2)CC1. The fourth-order valence-corrected chi connectivity index (χ4v) is 3.39. The minimum atomic E-state index is -1.10. The van der Waals surface area contributed by atoms with Gasteiger partial charge in [0, 0.05) is 43.7 Å². The Hall–Kier alpha value is -2.65. The van der Waals surface area contributed by atoms with Crippen molar-refractivity contribution in [1.29, 1.82) is 0 Å². The zero-order chi connectivity index (χ0) is 19.4. The third-order valence-corrected chi connectivity index (χ3v) is 4.93. The molecule has 0 bridgehead atoms. The summed E-state index contributed by atoms with van der Waals surface area (Å²) in [6.45, 7) is 7.23. The van der Waals surface area contributed by atoms with Gasteiger partial charge in [0.15, 0.2) is 16.8 Å². The zero-order valence-electron chi connectivity index (χ0n) is 14.5. The van der Waals surface area contributed by atoms with Gasteiger partial charge in [-0.1, -0.05) is 6.08 Å². The summed E-state index contributed by atoms with van der Waals surface area (Å²) in [6, 6.07) is 2.87. The van der Waals surface area contributed by atoms with Crippen molar-refractivity contribution < 1.29 is 18.4 Å². The number of anilines is 1. The van der Waals surface area contributed by atoms with Crippen molar-refractivity contribution in [2.75, 3.05) is 38.0 Å². The van der Waals surface area contributed by atoms with Crippen molar-refractivity contribution in [2.24, 2.45) is 0 Å². The van der Waals surface area contributed by atoms with Gasteiger partial charge in [-0.25, -0.2) is 13.8 Å². The van der Waals surface area contributed by atoms with E-state index >= 15 is 0 Å². The third-order valence-electron chi connectivity index (χ3n) is 4.17. The summed E-state index contributed by atoms with van der Waals surface area (Å²) in [4.78, 5) is 32.7. The van der Waals surface area contributed by atoms with Gasteiger partial charge >= 0.3 is 0 Å². The largest absolute Gasteiger partial charge is 0.335 e. The molecule has 1 aromatic heterocycles. The van der Waals surface area contributed by atoms with E-state index in [1.807, 2.05) is 6.08 Å². The van der Waals surface area contributed by atoms with E-state index in [1.54, 1.807) is 10.3 Å². The van der Waals surface area contributed by atoms with Crippen LogP contribution in [0.15, 0.2) is 36.2 Å². The van der Waals surface area contributed by atoms with Crippen LogP contribution in [0.5, 0.6) is 0 Å². The van der Waals surface area contributed by atoms with Crippen LogP contribution >= 0.6 is 11.3 Å². The molecule has 1 aromatic carbocycles. The summed E-state index contributed by atoms with van der Waals surface area (Å²) < 4.78 is 26.2. The lowest BCUT2D eigenvalue weighted by atomic mass is 10.2. The van der Waals surface area contributed by atoms with Crippen molar-refractivity contribution in [3.63, 3.8) is 0 Å². The third kappa shape index (κ3) is 4.55. The fraction of sp³-hybridized carbons (Fsp3) is 0.278. The second-order valence-corrected chi connectivity index (χ2v) is 6.86. The number of aromatic nitrogens is 1. The Kier molecular flexibility index (Phi) is 5.92. The Labute approximate surface area is 159 Å². The van der Waals surface area contributed by atoms with Crippen LogP contribution in [-0.2, 0) is 0 Å². The van der Waals surface area contributed by atoms with Gasteiger partial charge in [0.25, 0.3) is 11.8 Å². The summed E-state index contributed by atoms with van der Waals surface area (Å²) >= 11 is 1.10. The number of rotatable bonds is 5. The first-order chi connectivity index (χ1) is 13.0. The van der Waals surface area contributed by atoms with E-state index in [0.29, 0.717) is 13.1 Å². The molecular formula is C18H18F2N4O2S. The molecular weight excluding hydrogens is 374 g/mol. The van der Waals surface area contributed by atoms with Crippen molar-refractivity contribution in [1.82, 2.24) is 14.8 Å². The first kappa shape index (κ1) is 19.1. The molecule has 2 heterocycles. The van der Waals surface area contributed by atoms with Gasteiger partial charge in [0.05, 0.1) is 0 Å². The molecule has 3 rings (SSSR count). The maximum Gasteiger partial charge on any atom is 0.273 e. The van der Waals surface area contributed by atoms with Crippen LogP contribution in [0.1, 0.15) is 20.8 Å². The number of piperazine rings is 1. The van der Waals surface area contributed by atoms with Crippen LogP contribution in [0.3, 0.4) is 0 Å². The molecule has 0 spiro atoms. The highest BCUT2D eigenvalue weighted by molar-refractivity contribution is 7.14. The smallest absolute Gasteiger partial charge is 0.273 e. The molecule has 0 saturated carbocycles. The molecule has 0 unspecified atom stereocenters. The molecule has 2 aromatic rings. The van der Waals surface area contributed by atoms with E-state index in [4.69, 9.17) is 0 Å². The van der Waals surface area contributed by atoms with E-state index in [2.05, 4.69) is 21.8 Å². The predicted octanol–water partition coefficient (Wildman–Crippen LogP) is 2.62. The Morgan fingerprint density at radius 2 is 1.96 bits per heavy atom. The highest BCUT2D eigenvalue weighted by Gasteiger charge is 2.23. The second kappa shape index (κ2) is 8.36. The number of hydrogen-bond acceptors (Lipinski definition) is 5. The Bertz CT molecular complexity index is 863. The van der Waals surface area contributed by atoms with E-state index in [1.165, 1.54) is 6.07 Å². The average Bonchev–Trinajstić information content (AvgIpc) is 3.12. The highest BCUT2D eigenvalue weighted by atomic mass is 32.1. The number of carbonyl (C=O) groups is 2. The number of thiazole rings is 1. The summed E-state index contributed by atoms with van der Waals surface area (Å²) in [5.41, 5.74) is 0.216. The molecule has 142 valence electrons. The van der Waals surface area contributed by atoms with E-state index in [-0.39, 0.29) is 22.3 Å². The normalized spacial score (nSPS) is 14.8. The van der Waals surface area contributed by atoms with Crippen molar-refractivity contribution in [3.8, 4) is 0 Å². The highest BCUT2D eigenvalue weighted by Crippen LogP contribution is 2.19. The van der Waals surface area contributed by atoms with Gasteiger partial charge in [-0.15, -0.1) is 17.9 Å². The maximum atomic E-state index is 13.2. The first-order valence-corrected chi connectivity index (χ1v) is 9.20. The van der Waals surface area contributed by atoms with E-state index in [0.717, 1.165) is 43.1 Å². The number of halogens is 2. The van der Waals surface area contributed by atoms with Gasteiger partial charge in [-0.05, 0) is 18.2 Å². The van der Waals surface area contributed by atoms with Gasteiger partial charge < -0.3 is 4.90 Å². The fourth-order valence-electron chi connectivity index (χ4n) is 2.71. The van der Waals surface area contributed by atoms with Crippen molar-refractivity contribution in [3.05, 3.63) is 59.1 Å². The molecule has 27 heavy (non-hydrogen) atoms. The molecule has 0 aliphatic carbocycles. The number of nitrogens with zero attached hydrogens (tertiary/aromatic N) is 3. The van der Waals surface area contributed by atoms with Gasteiger partial charge in [0.2, 0.25) is 0 Å². The lowest BCUT2D eigenvalue weighted by Gasteiger charge is -2.33. The molecule has 2 amide bonds. The minimum Gasteiger partial charge on any atom is -0.335 e. The molecule has 6 nitrogen and oxygen atoms in total. The number of hydrogen-bond donors (Lipinski definition) is 1. The molecule has 1 saturated heterocycles. The van der Waals surface area contributed by atoms with Crippen molar-refractivity contribution >= 4 is 28.3 Å². The average molecular weight is 392 g/mol. The summed E-state index contributed by atoms with van der Waals surface area (Å²) in [5, 5.41) is 4.29. The minimum absolute atomic E-state index is 0.0321. The number of nitrogens with one attached hydrogen (secondary N) is 1. The summed E-state index contributed by atoms with van der Waals surface area (Å²) in [5.74, 6) is -2.95. The van der Waals surface area contributed by atoms with Crippen LogP contribution in [0, 0.1) is 11.6 Å². The quantitative estimate of drug-likeness (QED) is 0.795. The van der Waals surface area contributed by atoms with Gasteiger partial charge in [-0.3, -0.25) is 19.8 Å². The lowest BCUT2D eigenvalue weighted by Crippen LogP contribution is -2.48. The Balaban J connectivity index is 1.61. The van der Waals surface area contributed by atoms with Gasteiger partial charge in [-0.2, -0.15) is 0 Å². The zero-order valence-corrected chi connectivity index (χ0v) is 15.3. The molecule has 1 N–H and O–H groups in total. The van der Waals surface area contributed by atoms with E-state index in [9.17, 15) is 18.4 Å². The van der Waals surface area contributed by atoms with Crippen molar-refractivity contribution in [2.45, 2.75) is 0 Å². The van der Waals surface area contributed by atoms with Gasteiger partial charge in [0.1, 0.15) is 5.69 Å². The molecule has 1 fully saturated rings. The summed E-state index contributed by atoms with van der Waals surface area (Å²) in [7, 11) is 0. The second-order valence-electron chi connectivity index (χ2n) is 6.00. The first-order valence-electron chi connectivity index (χ1n) is 8.32. The van der Waals surface area contributed by atoms with Crippen LogP contribution in [0.4, 0.5) is 13.9 Å². The summed E-state index contributed by atoms with van der Waals surface area (Å²) in [6.07, 6.45) is 1.83. The van der Waals surface area contributed by atoms with Crippen LogP contribution in [0.25, 0.3) is 0 Å². The van der Waals surface area contributed by atoms with Crippen LogP contribution in [-0.4, -0.2) is 59.3 Å². The molecule has 0 atom stereocenters. The maximum absolute atomic E-state index is 13.2. The molecule has 9 heteroatoms. The Morgan fingerprint density at radius 3 is 2.63 bits per heavy atom. The topological polar surface area (TPSA) is 65.5 Å². The van der Waals surface area contributed by atoms with Crippen LogP contribution < -0.4 is 5.32 Å². The number of benzene rings is 1. The number of carbonyl (C=O) groups excluding carboxylic acids is 2. The predicted molar refractivity (Wildman–Crippen MR) is 99.0 cm³/mol.